The summed E-state index contributed by atoms with van der Waals surface area (Å²) in [6, 6.07) is 14.7. The third-order valence-electron chi connectivity index (χ3n) is 1.55. The first-order valence-electron chi connectivity index (χ1n) is 3.07. The Kier molecular flexibility index (Phi) is 14.7. The van der Waals surface area contributed by atoms with Gasteiger partial charge in [-0.1, -0.05) is 6.07 Å². The Morgan fingerprint density at radius 2 is 1.46 bits per heavy atom. The summed E-state index contributed by atoms with van der Waals surface area (Å²) < 4.78 is 0. The zero-order valence-corrected chi connectivity index (χ0v) is 15.0. The SMILES string of the molecule is [Br-].[Br-].[Br-].[Hf+4].c1ccc2[cH-]ccc2c1. The predicted molar refractivity (Wildman–Crippen MR) is 39.5 cm³/mol. The minimum Gasteiger partial charge on any atom is -1.00 e. The van der Waals surface area contributed by atoms with Crippen molar-refractivity contribution >= 4 is 10.8 Å². The maximum absolute atomic E-state index is 2.12. The Morgan fingerprint density at radius 1 is 0.846 bits per heavy atom. The Morgan fingerprint density at radius 3 is 2.08 bits per heavy atom. The molecular weight excluding hydrogens is 526 g/mol. The molecule has 0 heterocycles. The van der Waals surface area contributed by atoms with Crippen molar-refractivity contribution in [2.75, 3.05) is 0 Å². The Hall–Kier alpha value is 1.14. The van der Waals surface area contributed by atoms with Crippen molar-refractivity contribution in [1.82, 2.24) is 0 Å². The molecule has 0 fully saturated rings. The first-order chi connectivity index (χ1) is 4.47. The van der Waals surface area contributed by atoms with Crippen LogP contribution in [0.1, 0.15) is 0 Å². The fourth-order valence-corrected chi connectivity index (χ4v) is 1.07. The molecule has 0 nitrogen and oxygen atoms in total. The summed E-state index contributed by atoms with van der Waals surface area (Å²) in [6.45, 7) is 0. The predicted octanol–water partition coefficient (Wildman–Crippen LogP) is -6.43. The van der Waals surface area contributed by atoms with Crippen molar-refractivity contribution in [3.05, 3.63) is 42.5 Å². The van der Waals surface area contributed by atoms with Crippen molar-refractivity contribution < 1.29 is 76.8 Å². The first-order valence-corrected chi connectivity index (χ1v) is 3.07. The van der Waals surface area contributed by atoms with E-state index in [1.807, 2.05) is 0 Å². The molecular formula is C9H7Br3Hf. The molecule has 4 heteroatoms. The van der Waals surface area contributed by atoms with Gasteiger partial charge in [-0.2, -0.15) is 17.5 Å². The summed E-state index contributed by atoms with van der Waals surface area (Å²) in [4.78, 5) is 0. The quantitative estimate of drug-likeness (QED) is 0.234. The minimum atomic E-state index is 0. The molecule has 2 aromatic carbocycles. The van der Waals surface area contributed by atoms with Crippen molar-refractivity contribution in [1.29, 1.82) is 0 Å². The van der Waals surface area contributed by atoms with E-state index in [0.29, 0.717) is 0 Å². The Balaban J connectivity index is -0.000000250. The molecule has 0 amide bonds. The van der Waals surface area contributed by atoms with Gasteiger partial charge >= 0.3 is 25.8 Å². The van der Waals surface area contributed by atoms with Crippen LogP contribution in [-0.4, -0.2) is 0 Å². The van der Waals surface area contributed by atoms with Crippen molar-refractivity contribution in [3.8, 4) is 0 Å². The summed E-state index contributed by atoms with van der Waals surface area (Å²) in [5, 5.41) is 2.66. The maximum Gasteiger partial charge on any atom is 4.00 e. The van der Waals surface area contributed by atoms with Gasteiger partial charge in [0, 0.05) is 0 Å². The van der Waals surface area contributed by atoms with E-state index in [-0.39, 0.29) is 76.8 Å². The van der Waals surface area contributed by atoms with Crippen LogP contribution in [0.15, 0.2) is 42.5 Å². The van der Waals surface area contributed by atoms with E-state index in [2.05, 4.69) is 42.5 Å². The minimum absolute atomic E-state index is 0. The summed E-state index contributed by atoms with van der Waals surface area (Å²) in [6.07, 6.45) is 0. The molecule has 0 aromatic heterocycles. The van der Waals surface area contributed by atoms with Crippen LogP contribution in [-0.2, 0) is 25.8 Å². The third kappa shape index (κ3) is 4.96. The van der Waals surface area contributed by atoms with Gasteiger partial charge in [-0.15, -0.1) is 29.7 Å². The Labute approximate surface area is 129 Å². The largest absolute Gasteiger partial charge is 4.00 e. The van der Waals surface area contributed by atoms with Crippen LogP contribution >= 0.6 is 0 Å². The van der Waals surface area contributed by atoms with E-state index >= 15 is 0 Å². The summed E-state index contributed by atoms with van der Waals surface area (Å²) in [5.41, 5.74) is 0. The fourth-order valence-electron chi connectivity index (χ4n) is 1.07. The molecule has 0 aliphatic rings. The standard InChI is InChI=1S/C9H7.3BrH.Hf/c1-2-5-9-7-3-6-8(9)4-1;;;;/h1-7H;3*1H;/q-1;;;;+4/p-3. The molecule has 0 N–H and O–H groups in total. The average molecular weight is 533 g/mol. The molecule has 0 unspecified atom stereocenters. The second-order valence-electron chi connectivity index (χ2n) is 2.15. The maximum atomic E-state index is 2.12. The number of benzene rings is 1. The Bertz CT molecular complexity index is 289. The third-order valence-corrected chi connectivity index (χ3v) is 1.55. The van der Waals surface area contributed by atoms with Crippen molar-refractivity contribution in [2.24, 2.45) is 0 Å². The molecule has 0 saturated heterocycles. The van der Waals surface area contributed by atoms with Gasteiger partial charge in [0.2, 0.25) is 0 Å². The van der Waals surface area contributed by atoms with E-state index in [1.54, 1.807) is 0 Å². The van der Waals surface area contributed by atoms with Crippen molar-refractivity contribution in [2.45, 2.75) is 0 Å². The van der Waals surface area contributed by atoms with Crippen LogP contribution in [0.25, 0.3) is 10.8 Å². The van der Waals surface area contributed by atoms with Crippen molar-refractivity contribution in [3.63, 3.8) is 0 Å². The molecule has 2 rings (SSSR count). The number of fused-ring (bicyclic) bond motifs is 1. The molecule has 13 heavy (non-hydrogen) atoms. The first kappa shape index (κ1) is 19.7. The van der Waals surface area contributed by atoms with Gasteiger partial charge < -0.3 is 50.9 Å². The smallest absolute Gasteiger partial charge is 1.00 e. The zero-order chi connectivity index (χ0) is 6.10. The normalized spacial score (nSPS) is 7.08. The van der Waals surface area contributed by atoms with Crippen LogP contribution in [0.3, 0.4) is 0 Å². The number of hydrogen-bond acceptors (Lipinski definition) is 0. The van der Waals surface area contributed by atoms with E-state index in [4.69, 9.17) is 0 Å². The average Bonchev–Trinajstić information content (AvgIpc) is 2.33. The molecule has 0 bridgehead atoms. The van der Waals surface area contributed by atoms with Crippen LogP contribution < -0.4 is 50.9 Å². The van der Waals surface area contributed by atoms with Gasteiger partial charge in [-0.05, 0) is 0 Å². The van der Waals surface area contributed by atoms with E-state index in [0.717, 1.165) is 0 Å². The summed E-state index contributed by atoms with van der Waals surface area (Å²) in [7, 11) is 0. The molecule has 0 atom stereocenters. The number of hydrogen-bond donors (Lipinski definition) is 0. The molecule has 0 aliphatic carbocycles. The zero-order valence-electron chi connectivity index (χ0n) is 6.68. The molecule has 2 aromatic rings. The van der Waals surface area contributed by atoms with Crippen LogP contribution in [0.4, 0.5) is 0 Å². The van der Waals surface area contributed by atoms with Gasteiger partial charge in [-0.25, -0.2) is 0 Å². The fraction of sp³-hybridized carbons (Fsp3) is 0. The van der Waals surface area contributed by atoms with Gasteiger partial charge in [-0.3, -0.25) is 0 Å². The topological polar surface area (TPSA) is 0 Å². The van der Waals surface area contributed by atoms with Gasteiger partial charge in [0.1, 0.15) is 0 Å². The van der Waals surface area contributed by atoms with E-state index in [9.17, 15) is 0 Å². The second-order valence-corrected chi connectivity index (χ2v) is 2.15. The second kappa shape index (κ2) is 9.69. The molecule has 0 aliphatic heterocycles. The monoisotopic (exact) mass is 532 g/mol. The molecule has 68 valence electrons. The van der Waals surface area contributed by atoms with Gasteiger partial charge in [0.25, 0.3) is 0 Å². The van der Waals surface area contributed by atoms with Gasteiger partial charge in [0.05, 0.1) is 0 Å². The summed E-state index contributed by atoms with van der Waals surface area (Å²) >= 11 is 0. The number of rotatable bonds is 0. The van der Waals surface area contributed by atoms with Gasteiger partial charge in [0.15, 0.2) is 0 Å². The van der Waals surface area contributed by atoms with Crippen LogP contribution in [0, 0.1) is 0 Å². The molecule has 0 saturated carbocycles. The van der Waals surface area contributed by atoms with Crippen LogP contribution in [0.5, 0.6) is 0 Å². The number of halogens is 3. The molecule has 0 spiro atoms. The molecule has 0 radical (unpaired) electrons. The van der Waals surface area contributed by atoms with Crippen LogP contribution in [0.2, 0.25) is 0 Å². The summed E-state index contributed by atoms with van der Waals surface area (Å²) in [5.74, 6) is 0. The van der Waals surface area contributed by atoms with E-state index < -0.39 is 0 Å². The van der Waals surface area contributed by atoms with E-state index in [1.165, 1.54) is 10.8 Å².